The van der Waals surface area contributed by atoms with Gasteiger partial charge in [0.15, 0.2) is 0 Å². The zero-order valence-corrected chi connectivity index (χ0v) is 22.3. The Balaban J connectivity index is 4.32. The SMILES string of the molecule is CC(C)(C)OC(=O)NCCCCCCN(CCCNC(=O)OC(C)(C)C)C(=O)OC(C)(C)C. The highest BCUT2D eigenvalue weighted by molar-refractivity contribution is 5.68. The molecule has 0 unspecified atom stereocenters. The van der Waals surface area contributed by atoms with Crippen molar-refractivity contribution in [2.75, 3.05) is 26.2 Å². The summed E-state index contributed by atoms with van der Waals surface area (Å²) in [5.74, 6) is 0. The van der Waals surface area contributed by atoms with Gasteiger partial charge in [0.2, 0.25) is 0 Å². The number of unbranched alkanes of at least 4 members (excludes halogenated alkanes) is 3. The van der Waals surface area contributed by atoms with E-state index in [0.717, 1.165) is 25.7 Å². The van der Waals surface area contributed by atoms with Crippen LogP contribution in [0, 0.1) is 0 Å². The third kappa shape index (κ3) is 20.2. The summed E-state index contributed by atoms with van der Waals surface area (Å²) in [6.45, 7) is 18.4. The molecule has 0 atom stereocenters. The molecule has 2 N–H and O–H groups in total. The van der Waals surface area contributed by atoms with Gasteiger partial charge in [-0.1, -0.05) is 12.8 Å². The Kier molecular flexibility index (Phi) is 13.2. The van der Waals surface area contributed by atoms with Crippen molar-refractivity contribution in [3.63, 3.8) is 0 Å². The average molecular weight is 474 g/mol. The van der Waals surface area contributed by atoms with Crippen LogP contribution in [0.2, 0.25) is 0 Å². The van der Waals surface area contributed by atoms with Gasteiger partial charge in [0.25, 0.3) is 0 Å². The maximum absolute atomic E-state index is 12.6. The van der Waals surface area contributed by atoms with E-state index in [2.05, 4.69) is 10.6 Å². The first-order valence-electron chi connectivity index (χ1n) is 11.9. The summed E-state index contributed by atoms with van der Waals surface area (Å²) in [6.07, 6.45) is 2.88. The molecule has 9 nitrogen and oxygen atoms in total. The lowest BCUT2D eigenvalue weighted by atomic mass is 10.2. The minimum atomic E-state index is -0.572. The molecule has 9 heteroatoms. The lowest BCUT2D eigenvalue weighted by Crippen LogP contribution is -2.39. The van der Waals surface area contributed by atoms with Gasteiger partial charge in [-0.15, -0.1) is 0 Å². The van der Waals surface area contributed by atoms with Crippen molar-refractivity contribution in [3.8, 4) is 0 Å². The van der Waals surface area contributed by atoms with E-state index in [1.807, 2.05) is 62.3 Å². The Morgan fingerprint density at radius 1 is 0.576 bits per heavy atom. The molecular weight excluding hydrogens is 426 g/mol. The number of carbonyl (C=O) groups excluding carboxylic acids is 3. The van der Waals surface area contributed by atoms with E-state index in [4.69, 9.17) is 14.2 Å². The number of nitrogens with zero attached hydrogens (tertiary/aromatic N) is 1. The van der Waals surface area contributed by atoms with E-state index in [9.17, 15) is 14.4 Å². The van der Waals surface area contributed by atoms with Gasteiger partial charge in [-0.3, -0.25) is 0 Å². The van der Waals surface area contributed by atoms with Gasteiger partial charge < -0.3 is 29.7 Å². The van der Waals surface area contributed by atoms with Crippen LogP contribution in [0.4, 0.5) is 14.4 Å². The molecule has 0 fully saturated rings. The minimum Gasteiger partial charge on any atom is -0.444 e. The van der Waals surface area contributed by atoms with E-state index < -0.39 is 29.0 Å². The molecule has 0 saturated heterocycles. The van der Waals surface area contributed by atoms with E-state index in [0.29, 0.717) is 32.6 Å². The number of ether oxygens (including phenoxy) is 3. The standard InChI is InChI=1S/C24H47N3O6/c1-22(2,3)31-19(28)25-15-12-10-11-13-17-27(21(30)33-24(7,8)9)18-14-16-26-20(29)32-23(4,5)6/h10-18H2,1-9H3,(H,25,28)(H,26,29). The molecule has 0 aromatic heterocycles. The zero-order valence-electron chi connectivity index (χ0n) is 22.3. The summed E-state index contributed by atoms with van der Waals surface area (Å²) in [4.78, 5) is 37.6. The molecule has 0 aromatic carbocycles. The molecular formula is C24H47N3O6. The fraction of sp³-hybridized carbons (Fsp3) is 0.875. The molecule has 194 valence electrons. The number of rotatable bonds is 11. The van der Waals surface area contributed by atoms with Gasteiger partial charge in [0, 0.05) is 26.2 Å². The third-order valence-electron chi connectivity index (χ3n) is 3.95. The van der Waals surface area contributed by atoms with Crippen molar-refractivity contribution in [2.24, 2.45) is 0 Å². The lowest BCUT2D eigenvalue weighted by molar-refractivity contribution is 0.0243. The van der Waals surface area contributed by atoms with Crippen molar-refractivity contribution < 1.29 is 28.6 Å². The summed E-state index contributed by atoms with van der Waals surface area (Å²) in [5.41, 5.74) is -1.62. The van der Waals surface area contributed by atoms with Crippen LogP contribution in [-0.4, -0.2) is 66.2 Å². The van der Waals surface area contributed by atoms with Crippen molar-refractivity contribution >= 4 is 18.3 Å². The zero-order chi connectivity index (χ0) is 25.7. The predicted octanol–water partition coefficient (Wildman–Crippen LogP) is 5.22. The van der Waals surface area contributed by atoms with Crippen molar-refractivity contribution in [1.29, 1.82) is 0 Å². The molecule has 0 aliphatic rings. The largest absolute Gasteiger partial charge is 0.444 e. The minimum absolute atomic E-state index is 0.355. The van der Waals surface area contributed by atoms with Crippen LogP contribution in [0.3, 0.4) is 0 Å². The summed E-state index contributed by atoms with van der Waals surface area (Å²) in [5, 5.41) is 5.46. The Labute approximate surface area is 200 Å². The second kappa shape index (κ2) is 14.2. The quantitative estimate of drug-likeness (QED) is 0.315. The molecule has 33 heavy (non-hydrogen) atoms. The highest BCUT2D eigenvalue weighted by Gasteiger charge is 2.22. The van der Waals surface area contributed by atoms with Crippen molar-refractivity contribution in [1.82, 2.24) is 15.5 Å². The summed E-state index contributed by atoms with van der Waals surface area (Å²) in [7, 11) is 0. The number of amides is 3. The first-order chi connectivity index (χ1) is 15.0. The van der Waals surface area contributed by atoms with Crippen LogP contribution in [0.1, 0.15) is 94.4 Å². The molecule has 0 aromatic rings. The number of hydrogen-bond acceptors (Lipinski definition) is 6. The van der Waals surface area contributed by atoms with E-state index in [1.54, 1.807) is 4.90 Å². The Morgan fingerprint density at radius 3 is 1.42 bits per heavy atom. The van der Waals surface area contributed by atoms with Gasteiger partial charge >= 0.3 is 18.3 Å². The first-order valence-corrected chi connectivity index (χ1v) is 11.9. The van der Waals surface area contributed by atoms with Gasteiger partial charge in [0.05, 0.1) is 0 Å². The second-order valence-electron chi connectivity index (χ2n) is 11.1. The fourth-order valence-corrected chi connectivity index (χ4v) is 2.68. The highest BCUT2D eigenvalue weighted by Crippen LogP contribution is 2.12. The summed E-state index contributed by atoms with van der Waals surface area (Å²) < 4.78 is 15.9. The highest BCUT2D eigenvalue weighted by atomic mass is 16.6. The second-order valence-corrected chi connectivity index (χ2v) is 11.1. The van der Waals surface area contributed by atoms with Crippen LogP contribution in [0.25, 0.3) is 0 Å². The monoisotopic (exact) mass is 473 g/mol. The predicted molar refractivity (Wildman–Crippen MR) is 129 cm³/mol. The van der Waals surface area contributed by atoms with Crippen molar-refractivity contribution in [2.45, 2.75) is 111 Å². The molecule has 0 rings (SSSR count). The Hall–Kier alpha value is -2.19. The van der Waals surface area contributed by atoms with Crippen LogP contribution >= 0.6 is 0 Å². The molecule has 0 spiro atoms. The topological polar surface area (TPSA) is 106 Å². The maximum atomic E-state index is 12.6. The number of carbonyl (C=O) groups is 3. The first kappa shape index (κ1) is 30.8. The van der Waals surface area contributed by atoms with Gasteiger partial charge in [-0.05, 0) is 81.6 Å². The molecule has 3 amide bonds. The maximum Gasteiger partial charge on any atom is 0.410 e. The van der Waals surface area contributed by atoms with Crippen LogP contribution in [0.15, 0.2) is 0 Å². The van der Waals surface area contributed by atoms with E-state index in [1.165, 1.54) is 0 Å². The molecule has 0 aliphatic carbocycles. The molecule has 0 bridgehead atoms. The third-order valence-corrected chi connectivity index (χ3v) is 3.95. The fourth-order valence-electron chi connectivity index (χ4n) is 2.68. The van der Waals surface area contributed by atoms with Crippen LogP contribution < -0.4 is 10.6 Å². The molecule has 0 heterocycles. The molecule has 0 aliphatic heterocycles. The van der Waals surface area contributed by atoms with E-state index in [-0.39, 0.29) is 6.09 Å². The Bertz CT molecular complexity index is 603. The van der Waals surface area contributed by atoms with Crippen LogP contribution in [0.5, 0.6) is 0 Å². The normalized spacial score (nSPS) is 12.0. The Morgan fingerprint density at radius 2 is 0.970 bits per heavy atom. The number of hydrogen-bond donors (Lipinski definition) is 2. The number of alkyl carbamates (subject to hydrolysis) is 2. The van der Waals surface area contributed by atoms with Gasteiger partial charge in [0.1, 0.15) is 16.8 Å². The van der Waals surface area contributed by atoms with Gasteiger partial charge in [-0.2, -0.15) is 0 Å². The lowest BCUT2D eigenvalue weighted by Gasteiger charge is -2.27. The molecule has 0 saturated carbocycles. The summed E-state index contributed by atoms with van der Waals surface area (Å²) >= 11 is 0. The smallest absolute Gasteiger partial charge is 0.410 e. The summed E-state index contributed by atoms with van der Waals surface area (Å²) in [6, 6.07) is 0. The van der Waals surface area contributed by atoms with E-state index >= 15 is 0 Å². The van der Waals surface area contributed by atoms with Crippen LogP contribution in [-0.2, 0) is 14.2 Å². The number of nitrogens with one attached hydrogen (secondary N) is 2. The van der Waals surface area contributed by atoms with Crippen molar-refractivity contribution in [3.05, 3.63) is 0 Å². The molecule has 0 radical (unpaired) electrons. The average Bonchev–Trinajstić information content (AvgIpc) is 2.57. The van der Waals surface area contributed by atoms with Gasteiger partial charge in [-0.25, -0.2) is 14.4 Å².